The zero-order valence-electron chi connectivity index (χ0n) is 18.2. The molecule has 3 aromatic rings. The molecule has 0 atom stereocenters. The van der Waals surface area contributed by atoms with E-state index in [0.717, 1.165) is 63.6 Å². The second-order valence-corrected chi connectivity index (χ2v) is 7.82. The van der Waals surface area contributed by atoms with Crippen molar-refractivity contribution >= 4 is 46.7 Å². The Bertz CT molecular complexity index is 947. The first-order valence-electron chi connectivity index (χ1n) is 11.1. The van der Waals surface area contributed by atoms with Crippen LogP contribution < -0.4 is 15.5 Å². The van der Waals surface area contributed by atoms with Gasteiger partial charge in [-0.15, -0.1) is 24.0 Å². The molecule has 1 aromatic carbocycles. The second kappa shape index (κ2) is 11.9. The highest BCUT2D eigenvalue weighted by molar-refractivity contribution is 14.0. The molecule has 166 valence electrons. The number of benzene rings is 1. The van der Waals surface area contributed by atoms with Crippen molar-refractivity contribution in [2.75, 3.05) is 31.1 Å². The molecule has 0 saturated carbocycles. The minimum atomic E-state index is 0. The maximum absolute atomic E-state index is 4.82. The highest BCUT2D eigenvalue weighted by Crippen LogP contribution is 2.19. The molecule has 7 heteroatoms. The van der Waals surface area contributed by atoms with E-state index in [1.807, 2.05) is 12.3 Å². The van der Waals surface area contributed by atoms with Gasteiger partial charge >= 0.3 is 0 Å². The van der Waals surface area contributed by atoms with E-state index in [4.69, 9.17) is 4.99 Å². The maximum atomic E-state index is 4.82. The van der Waals surface area contributed by atoms with Gasteiger partial charge in [-0.3, -0.25) is 4.99 Å². The number of piperidine rings is 1. The molecule has 0 unspecified atom stereocenters. The normalized spacial score (nSPS) is 15.0. The largest absolute Gasteiger partial charge is 0.361 e. The van der Waals surface area contributed by atoms with Crippen molar-refractivity contribution in [1.29, 1.82) is 0 Å². The molecule has 0 amide bonds. The van der Waals surface area contributed by atoms with Crippen LogP contribution in [-0.2, 0) is 6.42 Å². The molecule has 31 heavy (non-hydrogen) atoms. The van der Waals surface area contributed by atoms with Crippen molar-refractivity contribution in [3.8, 4) is 0 Å². The Labute approximate surface area is 202 Å². The fourth-order valence-corrected chi connectivity index (χ4v) is 4.11. The smallest absolute Gasteiger partial charge is 0.191 e. The second-order valence-electron chi connectivity index (χ2n) is 7.82. The van der Waals surface area contributed by atoms with Crippen LogP contribution in [-0.4, -0.2) is 48.1 Å². The van der Waals surface area contributed by atoms with Gasteiger partial charge in [-0.25, -0.2) is 4.98 Å². The summed E-state index contributed by atoms with van der Waals surface area (Å²) in [7, 11) is 0. The third kappa shape index (κ3) is 6.35. The first-order valence-corrected chi connectivity index (χ1v) is 11.1. The average Bonchev–Trinajstić information content (AvgIpc) is 3.21. The third-order valence-corrected chi connectivity index (χ3v) is 5.70. The molecule has 1 saturated heterocycles. The van der Waals surface area contributed by atoms with Gasteiger partial charge < -0.3 is 20.5 Å². The number of aromatic amines is 1. The first kappa shape index (κ1) is 23.4. The van der Waals surface area contributed by atoms with Crippen LogP contribution in [0.4, 0.5) is 5.82 Å². The molecule has 0 aliphatic carbocycles. The molecule has 0 bridgehead atoms. The van der Waals surface area contributed by atoms with Gasteiger partial charge in [0.1, 0.15) is 5.82 Å². The number of anilines is 1. The molecular formula is C24H33IN6. The van der Waals surface area contributed by atoms with E-state index in [-0.39, 0.29) is 24.0 Å². The molecule has 1 fully saturated rings. The SMILES string of the molecule is CCNC(=NCCCc1c[nH]c2ccccc12)NC1CCN(c2ccccn2)CC1.I. The molecule has 6 nitrogen and oxygen atoms in total. The first-order chi connectivity index (χ1) is 14.8. The van der Waals surface area contributed by atoms with Crippen LogP contribution in [0.2, 0.25) is 0 Å². The molecule has 3 heterocycles. The number of para-hydroxylation sites is 1. The monoisotopic (exact) mass is 532 g/mol. The molecule has 2 aromatic heterocycles. The average molecular weight is 532 g/mol. The Morgan fingerprint density at radius 1 is 1.16 bits per heavy atom. The van der Waals surface area contributed by atoms with E-state index in [2.05, 4.69) is 75.0 Å². The zero-order chi connectivity index (χ0) is 20.6. The number of pyridine rings is 1. The van der Waals surface area contributed by atoms with Crippen LogP contribution in [0.25, 0.3) is 10.9 Å². The Balaban J connectivity index is 0.00000272. The number of hydrogen-bond donors (Lipinski definition) is 3. The fourth-order valence-electron chi connectivity index (χ4n) is 4.11. The van der Waals surface area contributed by atoms with Gasteiger partial charge in [0.15, 0.2) is 5.96 Å². The number of halogens is 1. The van der Waals surface area contributed by atoms with E-state index in [1.54, 1.807) is 0 Å². The summed E-state index contributed by atoms with van der Waals surface area (Å²) in [6, 6.07) is 15.1. The summed E-state index contributed by atoms with van der Waals surface area (Å²) in [5.41, 5.74) is 2.59. The van der Waals surface area contributed by atoms with Crippen LogP contribution in [0.15, 0.2) is 59.9 Å². The van der Waals surface area contributed by atoms with Gasteiger partial charge in [0, 0.05) is 55.5 Å². The lowest BCUT2D eigenvalue weighted by molar-refractivity contribution is 0.459. The minimum Gasteiger partial charge on any atom is -0.361 e. The van der Waals surface area contributed by atoms with Gasteiger partial charge in [0.2, 0.25) is 0 Å². The lowest BCUT2D eigenvalue weighted by Crippen LogP contribution is -2.49. The van der Waals surface area contributed by atoms with E-state index >= 15 is 0 Å². The van der Waals surface area contributed by atoms with Gasteiger partial charge in [-0.2, -0.15) is 0 Å². The number of aliphatic imine (C=N–C) groups is 1. The van der Waals surface area contributed by atoms with Crippen LogP contribution >= 0.6 is 24.0 Å². The van der Waals surface area contributed by atoms with Crippen molar-refractivity contribution in [3.63, 3.8) is 0 Å². The van der Waals surface area contributed by atoms with Crippen LogP contribution in [0.3, 0.4) is 0 Å². The summed E-state index contributed by atoms with van der Waals surface area (Å²) in [5.74, 6) is 2.02. The Kier molecular flexibility index (Phi) is 8.99. The summed E-state index contributed by atoms with van der Waals surface area (Å²) in [4.78, 5) is 15.0. The summed E-state index contributed by atoms with van der Waals surface area (Å²) in [6.07, 6.45) is 8.26. The predicted molar refractivity (Wildman–Crippen MR) is 141 cm³/mol. The minimum absolute atomic E-state index is 0. The quantitative estimate of drug-likeness (QED) is 0.183. The number of nitrogens with one attached hydrogen (secondary N) is 3. The Morgan fingerprint density at radius 3 is 2.74 bits per heavy atom. The Hall–Kier alpha value is -2.29. The third-order valence-electron chi connectivity index (χ3n) is 5.70. The number of hydrogen-bond acceptors (Lipinski definition) is 3. The van der Waals surface area contributed by atoms with Crippen LogP contribution in [0.5, 0.6) is 0 Å². The highest BCUT2D eigenvalue weighted by Gasteiger charge is 2.20. The summed E-state index contributed by atoms with van der Waals surface area (Å²) < 4.78 is 0. The number of aromatic nitrogens is 2. The molecule has 0 spiro atoms. The standard InChI is InChI=1S/C24H32N6.HI/c1-2-25-24(27-15-7-8-19-18-28-22-10-4-3-9-21(19)22)29-20-12-16-30(17-13-20)23-11-5-6-14-26-23;/h3-6,9-11,14,18,20,28H,2,7-8,12-13,15-17H2,1H3,(H2,25,27,29);1H. The number of nitrogens with zero attached hydrogens (tertiary/aromatic N) is 3. The number of H-pyrrole nitrogens is 1. The van der Waals surface area contributed by atoms with Gasteiger partial charge in [-0.05, 0) is 56.4 Å². The molecule has 0 radical (unpaired) electrons. The summed E-state index contributed by atoms with van der Waals surface area (Å²) >= 11 is 0. The van der Waals surface area contributed by atoms with Gasteiger partial charge in [0.05, 0.1) is 0 Å². The van der Waals surface area contributed by atoms with Crippen molar-refractivity contribution in [1.82, 2.24) is 20.6 Å². The van der Waals surface area contributed by atoms with E-state index < -0.39 is 0 Å². The van der Waals surface area contributed by atoms with Crippen LogP contribution in [0.1, 0.15) is 31.7 Å². The van der Waals surface area contributed by atoms with Crippen molar-refractivity contribution < 1.29 is 0 Å². The number of aryl methyl sites for hydroxylation is 1. The summed E-state index contributed by atoms with van der Waals surface area (Å²) in [6.45, 7) is 5.86. The Morgan fingerprint density at radius 2 is 1.97 bits per heavy atom. The molecular weight excluding hydrogens is 499 g/mol. The number of fused-ring (bicyclic) bond motifs is 1. The van der Waals surface area contributed by atoms with Crippen molar-refractivity contribution in [2.24, 2.45) is 4.99 Å². The van der Waals surface area contributed by atoms with Crippen molar-refractivity contribution in [3.05, 3.63) is 60.4 Å². The molecule has 1 aliphatic rings. The zero-order valence-corrected chi connectivity index (χ0v) is 20.5. The van der Waals surface area contributed by atoms with Gasteiger partial charge in [-0.1, -0.05) is 24.3 Å². The predicted octanol–water partition coefficient (Wildman–Crippen LogP) is 4.34. The van der Waals surface area contributed by atoms with Crippen LogP contribution in [0, 0.1) is 0 Å². The van der Waals surface area contributed by atoms with E-state index in [1.165, 1.54) is 16.5 Å². The summed E-state index contributed by atoms with van der Waals surface area (Å²) in [5, 5.41) is 8.37. The molecule has 3 N–H and O–H groups in total. The fraction of sp³-hybridized carbons (Fsp3) is 0.417. The topological polar surface area (TPSA) is 68.3 Å². The molecule has 4 rings (SSSR count). The van der Waals surface area contributed by atoms with E-state index in [0.29, 0.717) is 6.04 Å². The number of guanidine groups is 1. The van der Waals surface area contributed by atoms with Gasteiger partial charge in [0.25, 0.3) is 0 Å². The lowest BCUT2D eigenvalue weighted by atomic mass is 10.1. The highest BCUT2D eigenvalue weighted by atomic mass is 127. The van der Waals surface area contributed by atoms with Crippen molar-refractivity contribution in [2.45, 2.75) is 38.6 Å². The lowest BCUT2D eigenvalue weighted by Gasteiger charge is -2.33. The molecule has 1 aliphatic heterocycles. The number of rotatable bonds is 7. The van der Waals surface area contributed by atoms with E-state index in [9.17, 15) is 0 Å². The maximum Gasteiger partial charge on any atom is 0.191 e.